The normalized spacial score (nSPS) is 28.7. The zero-order valence-corrected chi connectivity index (χ0v) is 9.02. The Kier molecular flexibility index (Phi) is 2.13. The van der Waals surface area contributed by atoms with Gasteiger partial charge < -0.3 is 9.64 Å². The smallest absolute Gasteiger partial charge is 0.128 e. The Morgan fingerprint density at radius 1 is 1.53 bits per heavy atom. The first kappa shape index (κ1) is 9.16. The van der Waals surface area contributed by atoms with Crippen LogP contribution in [0.4, 0.5) is 5.82 Å². The number of aromatic nitrogens is 1. The molecule has 2 aliphatic rings. The standard InChI is InChI=1S/C12H16N2O/c1-2-9-3-4-12(13-6-9)14-7-11-5-10(14)8-15-11/h3-4,6,10-11H,2,5,7-8H2,1H3/t10-,11-/m0/s1. The van der Waals surface area contributed by atoms with Crippen LogP contribution in [0.5, 0.6) is 0 Å². The second kappa shape index (κ2) is 3.49. The van der Waals surface area contributed by atoms with Crippen LogP contribution in [0.2, 0.25) is 0 Å². The number of pyridine rings is 1. The van der Waals surface area contributed by atoms with Gasteiger partial charge in [-0.05, 0) is 24.5 Å². The van der Waals surface area contributed by atoms with Crippen molar-refractivity contribution in [3.05, 3.63) is 23.9 Å². The van der Waals surface area contributed by atoms with Crippen molar-refractivity contribution in [1.29, 1.82) is 0 Å². The molecular weight excluding hydrogens is 188 g/mol. The first-order chi connectivity index (χ1) is 7.36. The molecule has 0 unspecified atom stereocenters. The van der Waals surface area contributed by atoms with E-state index in [1.54, 1.807) is 0 Å². The number of ether oxygens (including phenoxy) is 1. The van der Waals surface area contributed by atoms with Crippen LogP contribution >= 0.6 is 0 Å². The molecule has 2 atom stereocenters. The van der Waals surface area contributed by atoms with Crippen LogP contribution in [0.25, 0.3) is 0 Å². The van der Waals surface area contributed by atoms with Crippen LogP contribution in [0.15, 0.2) is 18.3 Å². The number of hydrogen-bond acceptors (Lipinski definition) is 3. The van der Waals surface area contributed by atoms with Gasteiger partial charge in [-0.25, -0.2) is 4.98 Å². The summed E-state index contributed by atoms with van der Waals surface area (Å²) < 4.78 is 5.58. The molecule has 3 rings (SSSR count). The number of aryl methyl sites for hydroxylation is 1. The van der Waals surface area contributed by atoms with E-state index in [9.17, 15) is 0 Å². The highest BCUT2D eigenvalue weighted by Gasteiger charge is 2.39. The van der Waals surface area contributed by atoms with Crippen LogP contribution in [0, 0.1) is 0 Å². The summed E-state index contributed by atoms with van der Waals surface area (Å²) in [7, 11) is 0. The predicted molar refractivity (Wildman–Crippen MR) is 59.1 cm³/mol. The Hall–Kier alpha value is -1.09. The fourth-order valence-corrected chi connectivity index (χ4v) is 2.48. The maximum absolute atomic E-state index is 5.58. The van der Waals surface area contributed by atoms with Crippen LogP contribution in [0.1, 0.15) is 18.9 Å². The molecule has 0 radical (unpaired) electrons. The van der Waals surface area contributed by atoms with Gasteiger partial charge in [-0.15, -0.1) is 0 Å². The zero-order valence-electron chi connectivity index (χ0n) is 9.02. The van der Waals surface area contributed by atoms with Gasteiger partial charge in [0.25, 0.3) is 0 Å². The predicted octanol–water partition coefficient (Wildman–Crippen LogP) is 1.62. The molecular formula is C12H16N2O. The molecule has 2 saturated heterocycles. The lowest BCUT2D eigenvalue weighted by molar-refractivity contribution is 0.0989. The first-order valence-electron chi connectivity index (χ1n) is 5.70. The molecule has 1 aromatic rings. The van der Waals surface area contributed by atoms with Gasteiger partial charge in [-0.3, -0.25) is 0 Å². The summed E-state index contributed by atoms with van der Waals surface area (Å²) in [5.74, 6) is 1.11. The zero-order chi connectivity index (χ0) is 10.3. The second-order valence-corrected chi connectivity index (χ2v) is 4.38. The quantitative estimate of drug-likeness (QED) is 0.732. The van der Waals surface area contributed by atoms with Gasteiger partial charge >= 0.3 is 0 Å². The number of rotatable bonds is 2. The Morgan fingerprint density at radius 3 is 3.00 bits per heavy atom. The van der Waals surface area contributed by atoms with Crippen molar-refractivity contribution < 1.29 is 4.74 Å². The lowest BCUT2D eigenvalue weighted by Gasteiger charge is -2.27. The Labute approximate surface area is 90.1 Å². The molecule has 15 heavy (non-hydrogen) atoms. The van der Waals surface area contributed by atoms with E-state index in [2.05, 4.69) is 28.9 Å². The fourth-order valence-electron chi connectivity index (χ4n) is 2.48. The van der Waals surface area contributed by atoms with E-state index in [4.69, 9.17) is 4.74 Å². The van der Waals surface area contributed by atoms with Gasteiger partial charge in [0.1, 0.15) is 5.82 Å². The minimum Gasteiger partial charge on any atom is -0.374 e. The lowest BCUT2D eigenvalue weighted by Crippen LogP contribution is -2.37. The number of hydrogen-bond donors (Lipinski definition) is 0. The minimum absolute atomic E-state index is 0.447. The largest absolute Gasteiger partial charge is 0.374 e. The molecule has 0 aromatic carbocycles. The van der Waals surface area contributed by atoms with Gasteiger partial charge in [-0.1, -0.05) is 13.0 Å². The van der Waals surface area contributed by atoms with Gasteiger partial charge in [0.05, 0.1) is 18.8 Å². The van der Waals surface area contributed by atoms with Crippen LogP contribution in [-0.2, 0) is 11.2 Å². The first-order valence-corrected chi connectivity index (χ1v) is 5.70. The summed E-state index contributed by atoms with van der Waals surface area (Å²) in [5, 5.41) is 0. The molecule has 0 amide bonds. The van der Waals surface area contributed by atoms with Crippen molar-refractivity contribution in [2.45, 2.75) is 31.9 Å². The molecule has 2 bridgehead atoms. The van der Waals surface area contributed by atoms with Crippen molar-refractivity contribution in [3.8, 4) is 0 Å². The van der Waals surface area contributed by atoms with E-state index in [1.807, 2.05) is 6.20 Å². The Bertz CT molecular complexity index is 349. The minimum atomic E-state index is 0.447. The second-order valence-electron chi connectivity index (χ2n) is 4.38. The monoisotopic (exact) mass is 204 g/mol. The van der Waals surface area contributed by atoms with E-state index >= 15 is 0 Å². The van der Waals surface area contributed by atoms with Gasteiger partial charge in [0.2, 0.25) is 0 Å². The summed E-state index contributed by atoms with van der Waals surface area (Å²) in [6, 6.07) is 4.88. The summed E-state index contributed by atoms with van der Waals surface area (Å²) >= 11 is 0. The molecule has 3 heteroatoms. The SMILES string of the molecule is CCc1ccc(N2C[C@@H]3C[C@H]2CO3)nc1. The van der Waals surface area contributed by atoms with Crippen LogP contribution in [0.3, 0.4) is 0 Å². The molecule has 2 aliphatic heterocycles. The maximum Gasteiger partial charge on any atom is 0.128 e. The number of nitrogens with zero attached hydrogens (tertiary/aromatic N) is 2. The number of fused-ring (bicyclic) bond motifs is 2. The van der Waals surface area contributed by atoms with Crippen LogP contribution in [-0.4, -0.2) is 30.3 Å². The molecule has 0 saturated carbocycles. The van der Waals surface area contributed by atoms with E-state index in [0.717, 1.165) is 25.4 Å². The Morgan fingerprint density at radius 2 is 2.47 bits per heavy atom. The van der Waals surface area contributed by atoms with E-state index in [0.29, 0.717) is 12.1 Å². The molecule has 0 N–H and O–H groups in total. The summed E-state index contributed by atoms with van der Waals surface area (Å²) in [5.41, 5.74) is 1.30. The number of anilines is 1. The Balaban J connectivity index is 1.81. The van der Waals surface area contributed by atoms with Crippen LogP contribution < -0.4 is 4.90 Å². The molecule has 0 spiro atoms. The van der Waals surface area contributed by atoms with Crippen molar-refractivity contribution in [2.75, 3.05) is 18.1 Å². The van der Waals surface area contributed by atoms with E-state index in [-0.39, 0.29) is 0 Å². The van der Waals surface area contributed by atoms with Crippen molar-refractivity contribution in [1.82, 2.24) is 4.98 Å². The van der Waals surface area contributed by atoms with Gasteiger partial charge in [0.15, 0.2) is 0 Å². The fraction of sp³-hybridized carbons (Fsp3) is 0.583. The highest BCUT2D eigenvalue weighted by molar-refractivity contribution is 5.43. The van der Waals surface area contributed by atoms with Crippen molar-refractivity contribution in [3.63, 3.8) is 0 Å². The van der Waals surface area contributed by atoms with Gasteiger partial charge in [-0.2, -0.15) is 0 Å². The third-order valence-corrected chi connectivity index (χ3v) is 3.41. The molecule has 2 fully saturated rings. The third-order valence-electron chi connectivity index (χ3n) is 3.41. The summed E-state index contributed by atoms with van der Waals surface area (Å²) in [6.07, 6.45) is 4.67. The van der Waals surface area contributed by atoms with E-state index in [1.165, 1.54) is 12.0 Å². The molecule has 80 valence electrons. The average molecular weight is 204 g/mol. The number of morpholine rings is 1. The molecule has 3 nitrogen and oxygen atoms in total. The van der Waals surface area contributed by atoms with E-state index < -0.39 is 0 Å². The average Bonchev–Trinajstić information content (AvgIpc) is 2.91. The highest BCUT2D eigenvalue weighted by Crippen LogP contribution is 2.31. The van der Waals surface area contributed by atoms with Crippen molar-refractivity contribution >= 4 is 5.82 Å². The maximum atomic E-state index is 5.58. The molecule has 3 heterocycles. The molecule has 1 aromatic heterocycles. The lowest BCUT2D eigenvalue weighted by atomic mass is 10.2. The highest BCUT2D eigenvalue weighted by atomic mass is 16.5. The summed E-state index contributed by atoms with van der Waals surface area (Å²) in [4.78, 5) is 6.90. The molecule has 0 aliphatic carbocycles. The van der Waals surface area contributed by atoms with Gasteiger partial charge in [0, 0.05) is 12.7 Å². The third kappa shape index (κ3) is 1.51. The van der Waals surface area contributed by atoms with Crippen molar-refractivity contribution in [2.24, 2.45) is 0 Å². The summed E-state index contributed by atoms with van der Waals surface area (Å²) in [6.45, 7) is 4.05. The topological polar surface area (TPSA) is 25.4 Å².